The van der Waals surface area contributed by atoms with Gasteiger partial charge in [-0.2, -0.15) is 0 Å². The van der Waals surface area contributed by atoms with Crippen molar-refractivity contribution in [3.63, 3.8) is 0 Å². The van der Waals surface area contributed by atoms with E-state index < -0.39 is 0 Å². The zero-order chi connectivity index (χ0) is 36.0. The highest BCUT2D eigenvalue weighted by Crippen LogP contribution is 2.42. The first-order chi connectivity index (χ1) is 25.5. The molecule has 52 heavy (non-hydrogen) atoms. The van der Waals surface area contributed by atoms with Gasteiger partial charge >= 0.3 is 0 Å². The lowest BCUT2D eigenvalue weighted by Gasteiger charge is -2.28. The fourth-order valence-electron chi connectivity index (χ4n) is 8.51. The standard InChI is InChI=1S/C50H56N2/c1-6-9-15-36(7-2)20-21-38-22-28-42(35(4)34-38)48(33-23-37-16-11-10-12-17-37)52(5)51-47-32-27-41-25-30-45-44(43-19-14-13-18-39(43)8-3)29-24-40-26-31-46(47)50(41)49(40)45/h11,13-14,16-19,22,24-34,36,51H,6-10,12,15,20-21,23H2,1-5H3/b48-33-. The van der Waals surface area contributed by atoms with Crippen LogP contribution >= 0.6 is 0 Å². The molecule has 0 bridgehead atoms. The summed E-state index contributed by atoms with van der Waals surface area (Å²) >= 11 is 0. The largest absolute Gasteiger partial charge is 0.298 e. The van der Waals surface area contributed by atoms with Crippen LogP contribution in [0.1, 0.15) is 94.4 Å². The summed E-state index contributed by atoms with van der Waals surface area (Å²) in [5, 5.41) is 10.1. The number of benzene rings is 6. The molecule has 1 N–H and O–H groups in total. The molecule has 1 aliphatic rings. The Morgan fingerprint density at radius 1 is 0.808 bits per heavy atom. The van der Waals surface area contributed by atoms with Gasteiger partial charge in [0, 0.05) is 18.0 Å². The normalized spacial score (nSPS) is 14.0. The highest BCUT2D eigenvalue weighted by atomic mass is 15.5. The molecule has 0 saturated carbocycles. The molecule has 0 radical (unpaired) electrons. The van der Waals surface area contributed by atoms with Crippen LogP contribution in [0.2, 0.25) is 0 Å². The molecule has 0 aromatic heterocycles. The van der Waals surface area contributed by atoms with E-state index in [1.54, 1.807) is 0 Å². The van der Waals surface area contributed by atoms with Gasteiger partial charge in [0.25, 0.3) is 0 Å². The van der Waals surface area contributed by atoms with Crippen molar-refractivity contribution in [2.45, 2.75) is 91.9 Å². The van der Waals surface area contributed by atoms with Crippen LogP contribution in [0.4, 0.5) is 5.69 Å². The van der Waals surface area contributed by atoms with E-state index >= 15 is 0 Å². The number of hydrazine groups is 1. The first-order valence-corrected chi connectivity index (χ1v) is 19.9. The average Bonchev–Trinajstić information content (AvgIpc) is 3.18. The lowest BCUT2D eigenvalue weighted by molar-refractivity contribution is 0.422. The maximum atomic E-state index is 3.88. The van der Waals surface area contributed by atoms with Crippen LogP contribution in [0.25, 0.3) is 49.1 Å². The van der Waals surface area contributed by atoms with E-state index in [0.717, 1.165) is 43.7 Å². The number of nitrogens with zero attached hydrogens (tertiary/aromatic N) is 1. The van der Waals surface area contributed by atoms with Gasteiger partial charge in [-0.25, -0.2) is 0 Å². The lowest BCUT2D eigenvalue weighted by atomic mass is 9.88. The molecule has 1 atom stereocenters. The average molecular weight is 685 g/mol. The topological polar surface area (TPSA) is 15.3 Å². The number of hydrogen-bond donors (Lipinski definition) is 1. The number of aryl methyl sites for hydroxylation is 3. The Balaban J connectivity index is 1.24. The van der Waals surface area contributed by atoms with E-state index in [2.05, 4.69) is 160 Å². The molecule has 7 rings (SSSR count). The molecule has 266 valence electrons. The van der Waals surface area contributed by atoms with Crippen LogP contribution < -0.4 is 5.43 Å². The number of anilines is 1. The molecule has 1 aliphatic carbocycles. The molecule has 0 saturated heterocycles. The van der Waals surface area contributed by atoms with Crippen LogP contribution in [-0.2, 0) is 12.8 Å². The van der Waals surface area contributed by atoms with Crippen LogP contribution in [-0.4, -0.2) is 12.1 Å². The fourth-order valence-corrected chi connectivity index (χ4v) is 8.51. The second-order valence-electron chi connectivity index (χ2n) is 15.0. The third-order valence-corrected chi connectivity index (χ3v) is 11.6. The second kappa shape index (κ2) is 16.2. The van der Waals surface area contributed by atoms with Crippen LogP contribution in [0.15, 0.2) is 121 Å². The Kier molecular flexibility index (Phi) is 11.1. The van der Waals surface area contributed by atoms with Crippen LogP contribution in [0, 0.1) is 12.8 Å². The van der Waals surface area contributed by atoms with Crippen molar-refractivity contribution in [2.24, 2.45) is 5.92 Å². The van der Waals surface area contributed by atoms with Crippen molar-refractivity contribution in [1.82, 2.24) is 5.01 Å². The van der Waals surface area contributed by atoms with Gasteiger partial charge in [-0.1, -0.05) is 156 Å². The smallest absolute Gasteiger partial charge is 0.0621 e. The quantitative estimate of drug-likeness (QED) is 0.0855. The van der Waals surface area contributed by atoms with Crippen molar-refractivity contribution >= 4 is 43.7 Å². The maximum Gasteiger partial charge on any atom is 0.0621 e. The molecule has 0 aliphatic heterocycles. The minimum Gasteiger partial charge on any atom is -0.298 e. The van der Waals surface area contributed by atoms with Gasteiger partial charge in [0.2, 0.25) is 0 Å². The molecule has 0 spiro atoms. The predicted molar refractivity (Wildman–Crippen MR) is 228 cm³/mol. The molecular formula is C50H56N2. The molecule has 2 nitrogen and oxygen atoms in total. The zero-order valence-corrected chi connectivity index (χ0v) is 32.1. The van der Waals surface area contributed by atoms with E-state index in [1.807, 2.05) is 0 Å². The van der Waals surface area contributed by atoms with Crippen LogP contribution in [0.5, 0.6) is 0 Å². The highest BCUT2D eigenvalue weighted by molar-refractivity contribution is 6.27. The Labute approximate surface area is 312 Å². The van der Waals surface area contributed by atoms with Gasteiger partial charge in [-0.15, -0.1) is 0 Å². The van der Waals surface area contributed by atoms with Crippen molar-refractivity contribution in [1.29, 1.82) is 0 Å². The second-order valence-corrected chi connectivity index (χ2v) is 15.0. The summed E-state index contributed by atoms with van der Waals surface area (Å²) in [4.78, 5) is 0. The first kappa shape index (κ1) is 35.6. The third-order valence-electron chi connectivity index (χ3n) is 11.6. The summed E-state index contributed by atoms with van der Waals surface area (Å²) in [6, 6.07) is 34.5. The monoisotopic (exact) mass is 684 g/mol. The fraction of sp³-hybridized carbons (Fsp3) is 0.320. The third kappa shape index (κ3) is 7.40. The Bertz CT molecular complexity index is 2250. The highest BCUT2D eigenvalue weighted by Gasteiger charge is 2.18. The van der Waals surface area contributed by atoms with Crippen molar-refractivity contribution < 1.29 is 0 Å². The van der Waals surface area contributed by atoms with Gasteiger partial charge in [-0.3, -0.25) is 10.4 Å². The summed E-state index contributed by atoms with van der Waals surface area (Å²) in [6.07, 6.45) is 21.3. The molecule has 2 heteroatoms. The summed E-state index contributed by atoms with van der Waals surface area (Å²) in [7, 11) is 2.18. The number of hydrogen-bond acceptors (Lipinski definition) is 2. The zero-order valence-electron chi connectivity index (χ0n) is 32.1. The van der Waals surface area contributed by atoms with Crippen molar-refractivity contribution in [2.75, 3.05) is 12.5 Å². The van der Waals surface area contributed by atoms with Crippen molar-refractivity contribution in [3.05, 3.63) is 143 Å². The van der Waals surface area contributed by atoms with E-state index in [0.29, 0.717) is 0 Å². The Morgan fingerprint density at radius 3 is 2.33 bits per heavy atom. The SMILES string of the molecule is CCCCC(CC)CCc1ccc(/C(=C/CC2=CCCC=C2)N(C)Nc2ccc3ccc4c(-c5ccccc5CC)ccc5ccc2c3c54)c(C)c1. The molecular weight excluding hydrogens is 629 g/mol. The van der Waals surface area contributed by atoms with Gasteiger partial charge in [-0.05, 0) is 118 Å². The Morgan fingerprint density at radius 2 is 1.58 bits per heavy atom. The van der Waals surface area contributed by atoms with Gasteiger partial charge in [0.05, 0.1) is 11.4 Å². The van der Waals surface area contributed by atoms with Gasteiger partial charge in [0.15, 0.2) is 0 Å². The van der Waals surface area contributed by atoms with E-state index in [-0.39, 0.29) is 0 Å². The molecule has 6 aromatic rings. The summed E-state index contributed by atoms with van der Waals surface area (Å²) in [6.45, 7) is 9.21. The maximum absolute atomic E-state index is 3.88. The molecule has 6 aromatic carbocycles. The van der Waals surface area contributed by atoms with E-state index in [4.69, 9.17) is 0 Å². The lowest BCUT2D eigenvalue weighted by Crippen LogP contribution is -2.24. The summed E-state index contributed by atoms with van der Waals surface area (Å²) in [5.41, 5.74) is 15.7. The van der Waals surface area contributed by atoms with E-state index in [9.17, 15) is 0 Å². The number of allylic oxidation sites excluding steroid dienone is 5. The number of unbranched alkanes of at least 4 members (excludes halogenated alkanes) is 1. The van der Waals surface area contributed by atoms with Gasteiger partial charge < -0.3 is 0 Å². The summed E-state index contributed by atoms with van der Waals surface area (Å²) in [5.74, 6) is 0.825. The molecule has 0 amide bonds. The molecule has 0 heterocycles. The van der Waals surface area contributed by atoms with E-state index in [1.165, 1.54) is 109 Å². The summed E-state index contributed by atoms with van der Waals surface area (Å²) < 4.78 is 0. The van der Waals surface area contributed by atoms with Crippen LogP contribution in [0.3, 0.4) is 0 Å². The number of rotatable bonds is 15. The van der Waals surface area contributed by atoms with Gasteiger partial charge in [0.1, 0.15) is 0 Å². The molecule has 0 fully saturated rings. The first-order valence-electron chi connectivity index (χ1n) is 19.9. The number of nitrogens with one attached hydrogen (secondary N) is 1. The Hall–Kier alpha value is -4.82. The minimum atomic E-state index is 0.825. The molecule has 1 unspecified atom stereocenters. The minimum absolute atomic E-state index is 0.825. The van der Waals surface area contributed by atoms with Crippen molar-refractivity contribution in [3.8, 4) is 11.1 Å². The predicted octanol–water partition coefficient (Wildman–Crippen LogP) is 14.2.